The van der Waals surface area contributed by atoms with Crippen molar-refractivity contribution in [2.75, 3.05) is 6.54 Å². The van der Waals surface area contributed by atoms with Gasteiger partial charge in [0.1, 0.15) is 0 Å². The van der Waals surface area contributed by atoms with Crippen molar-refractivity contribution in [3.63, 3.8) is 0 Å². The SMILES string of the molecule is BNCCCCC(CCCCCC)CCCCCCC. The first-order valence-corrected chi connectivity index (χ1v) is 9.49. The highest BCUT2D eigenvalue weighted by Gasteiger charge is 2.08. The highest BCUT2D eigenvalue weighted by molar-refractivity contribution is 6.04. The van der Waals surface area contributed by atoms with E-state index in [2.05, 4.69) is 27.1 Å². The van der Waals surface area contributed by atoms with Crippen LogP contribution in [0.15, 0.2) is 0 Å². The van der Waals surface area contributed by atoms with Gasteiger partial charge in [0, 0.05) is 0 Å². The first kappa shape index (κ1) is 20.0. The van der Waals surface area contributed by atoms with Crippen molar-refractivity contribution in [1.29, 1.82) is 0 Å². The molecule has 0 amide bonds. The molecular weight excluding hydrogens is 241 g/mol. The second-order valence-corrected chi connectivity index (χ2v) is 6.52. The van der Waals surface area contributed by atoms with Gasteiger partial charge in [-0.25, -0.2) is 0 Å². The van der Waals surface area contributed by atoms with Crippen LogP contribution in [-0.2, 0) is 0 Å². The van der Waals surface area contributed by atoms with Crippen LogP contribution >= 0.6 is 0 Å². The van der Waals surface area contributed by atoms with Crippen molar-refractivity contribution in [1.82, 2.24) is 5.23 Å². The minimum Gasteiger partial charge on any atom is -0.362 e. The highest BCUT2D eigenvalue weighted by Crippen LogP contribution is 2.23. The van der Waals surface area contributed by atoms with Crippen LogP contribution in [0, 0.1) is 5.92 Å². The maximum Gasteiger partial charge on any atom is 0.181 e. The topological polar surface area (TPSA) is 12.0 Å². The van der Waals surface area contributed by atoms with Crippen LogP contribution < -0.4 is 5.23 Å². The minimum atomic E-state index is 1.02. The molecule has 0 fully saturated rings. The number of hydrogen-bond donors (Lipinski definition) is 1. The summed E-state index contributed by atoms with van der Waals surface area (Å²) in [5, 5.41) is 3.27. The lowest BCUT2D eigenvalue weighted by Gasteiger charge is -2.17. The van der Waals surface area contributed by atoms with Crippen LogP contribution in [0.1, 0.15) is 104 Å². The Hall–Kier alpha value is 0.0249. The molecule has 0 saturated carbocycles. The quantitative estimate of drug-likeness (QED) is 0.301. The van der Waals surface area contributed by atoms with E-state index in [0.29, 0.717) is 0 Å². The fourth-order valence-corrected chi connectivity index (χ4v) is 3.06. The maximum atomic E-state index is 3.27. The molecule has 0 bridgehead atoms. The Kier molecular flexibility index (Phi) is 17.1. The zero-order chi connectivity index (χ0) is 14.9. The molecule has 0 aliphatic rings. The molecule has 0 aliphatic heterocycles. The molecule has 1 N–H and O–H groups in total. The monoisotopic (exact) mass is 281 g/mol. The number of rotatable bonds is 16. The smallest absolute Gasteiger partial charge is 0.181 e. The fraction of sp³-hybridized carbons (Fsp3) is 1.00. The van der Waals surface area contributed by atoms with Gasteiger partial charge < -0.3 is 5.23 Å². The molecule has 2 heteroatoms. The molecule has 0 spiro atoms. The molecular formula is C18H40BN. The Labute approximate surface area is 130 Å². The van der Waals surface area contributed by atoms with Gasteiger partial charge in [-0.1, -0.05) is 97.3 Å². The predicted molar refractivity (Wildman–Crippen MR) is 96.0 cm³/mol. The normalized spacial score (nSPS) is 12.7. The van der Waals surface area contributed by atoms with Gasteiger partial charge in [-0.15, -0.1) is 0 Å². The molecule has 0 aromatic rings. The second kappa shape index (κ2) is 17.1. The van der Waals surface area contributed by atoms with Gasteiger partial charge in [-0.2, -0.15) is 0 Å². The van der Waals surface area contributed by atoms with Crippen LogP contribution in [0.3, 0.4) is 0 Å². The molecule has 0 rings (SSSR count). The average Bonchev–Trinajstić information content (AvgIpc) is 2.47. The van der Waals surface area contributed by atoms with E-state index in [-0.39, 0.29) is 0 Å². The predicted octanol–water partition coefficient (Wildman–Crippen LogP) is 5.24. The Morgan fingerprint density at radius 3 is 1.60 bits per heavy atom. The summed E-state index contributed by atoms with van der Waals surface area (Å²) >= 11 is 0. The summed E-state index contributed by atoms with van der Waals surface area (Å²) in [5.74, 6) is 1.02. The molecule has 0 heterocycles. The van der Waals surface area contributed by atoms with Crippen LogP contribution in [0.5, 0.6) is 0 Å². The summed E-state index contributed by atoms with van der Waals surface area (Å²) in [6, 6.07) is 0. The van der Waals surface area contributed by atoms with Gasteiger partial charge in [0.2, 0.25) is 0 Å². The molecule has 0 aliphatic carbocycles. The van der Waals surface area contributed by atoms with E-state index >= 15 is 0 Å². The van der Waals surface area contributed by atoms with E-state index in [1.54, 1.807) is 0 Å². The maximum absolute atomic E-state index is 3.27. The molecule has 0 saturated heterocycles. The van der Waals surface area contributed by atoms with Gasteiger partial charge >= 0.3 is 0 Å². The van der Waals surface area contributed by atoms with Crippen LogP contribution in [0.2, 0.25) is 0 Å². The molecule has 0 radical (unpaired) electrons. The van der Waals surface area contributed by atoms with Crippen molar-refractivity contribution in [3.8, 4) is 0 Å². The van der Waals surface area contributed by atoms with Crippen LogP contribution in [0.4, 0.5) is 0 Å². The van der Waals surface area contributed by atoms with Gasteiger partial charge in [0.15, 0.2) is 7.98 Å². The van der Waals surface area contributed by atoms with Crippen molar-refractivity contribution in [3.05, 3.63) is 0 Å². The summed E-state index contributed by atoms with van der Waals surface area (Å²) < 4.78 is 0. The number of unbranched alkanes of at least 4 members (excludes halogenated alkanes) is 8. The van der Waals surface area contributed by atoms with Crippen molar-refractivity contribution in [2.24, 2.45) is 5.92 Å². The Bertz CT molecular complexity index is 161. The summed E-state index contributed by atoms with van der Waals surface area (Å²) in [4.78, 5) is 0. The first-order valence-electron chi connectivity index (χ1n) is 9.49. The minimum absolute atomic E-state index is 1.02. The zero-order valence-electron chi connectivity index (χ0n) is 14.7. The molecule has 1 unspecified atom stereocenters. The molecule has 0 aromatic carbocycles. The standard InChI is InChI=1S/C18H40BN/c1-3-5-7-9-11-15-18(14-10-8-6-4-2)16-12-13-17-20-19/h18,20H,3-17,19H2,1-2H3. The van der Waals surface area contributed by atoms with E-state index < -0.39 is 0 Å². The Morgan fingerprint density at radius 1 is 0.650 bits per heavy atom. The van der Waals surface area contributed by atoms with E-state index in [4.69, 9.17) is 0 Å². The van der Waals surface area contributed by atoms with Crippen molar-refractivity contribution >= 4 is 7.98 Å². The summed E-state index contributed by atoms with van der Waals surface area (Å²) in [7, 11) is 2.07. The van der Waals surface area contributed by atoms with Crippen LogP contribution in [-0.4, -0.2) is 14.5 Å². The Balaban J connectivity index is 3.67. The molecule has 1 nitrogen and oxygen atoms in total. The van der Waals surface area contributed by atoms with Gasteiger partial charge in [-0.05, 0) is 18.9 Å². The van der Waals surface area contributed by atoms with Crippen molar-refractivity contribution < 1.29 is 0 Å². The van der Waals surface area contributed by atoms with E-state index in [1.807, 2.05) is 0 Å². The highest BCUT2D eigenvalue weighted by atomic mass is 14.7. The van der Waals surface area contributed by atoms with Gasteiger partial charge in [0.25, 0.3) is 0 Å². The third-order valence-electron chi connectivity index (χ3n) is 4.47. The molecule has 1 atom stereocenters. The second-order valence-electron chi connectivity index (χ2n) is 6.52. The third kappa shape index (κ3) is 14.4. The van der Waals surface area contributed by atoms with Crippen molar-refractivity contribution in [2.45, 2.75) is 104 Å². The molecule has 0 aromatic heterocycles. The van der Waals surface area contributed by atoms with E-state index in [0.717, 1.165) is 5.92 Å². The van der Waals surface area contributed by atoms with E-state index in [1.165, 1.54) is 96.4 Å². The number of nitrogens with one attached hydrogen (secondary N) is 1. The summed E-state index contributed by atoms with van der Waals surface area (Å²) in [6.45, 7) is 5.81. The summed E-state index contributed by atoms with van der Waals surface area (Å²) in [6.07, 6.45) is 20.2. The average molecular weight is 281 g/mol. The fourth-order valence-electron chi connectivity index (χ4n) is 3.06. The lowest BCUT2D eigenvalue weighted by Crippen LogP contribution is -2.10. The summed E-state index contributed by atoms with van der Waals surface area (Å²) in [5.41, 5.74) is 0. The first-order chi connectivity index (χ1) is 9.85. The largest absolute Gasteiger partial charge is 0.362 e. The molecule has 20 heavy (non-hydrogen) atoms. The van der Waals surface area contributed by atoms with Crippen LogP contribution in [0.25, 0.3) is 0 Å². The molecule has 120 valence electrons. The lowest BCUT2D eigenvalue weighted by atomic mass is 9.90. The lowest BCUT2D eigenvalue weighted by molar-refractivity contribution is 0.370. The third-order valence-corrected chi connectivity index (χ3v) is 4.47. The zero-order valence-corrected chi connectivity index (χ0v) is 14.7. The van der Waals surface area contributed by atoms with E-state index in [9.17, 15) is 0 Å². The van der Waals surface area contributed by atoms with Gasteiger partial charge in [-0.3, -0.25) is 0 Å². The Morgan fingerprint density at radius 2 is 1.10 bits per heavy atom. The van der Waals surface area contributed by atoms with Gasteiger partial charge in [0.05, 0.1) is 0 Å². The number of hydrogen-bond acceptors (Lipinski definition) is 1.